The van der Waals surface area contributed by atoms with Crippen LogP contribution in [0.5, 0.6) is 0 Å². The lowest BCUT2D eigenvalue weighted by Gasteiger charge is -2.10. The summed E-state index contributed by atoms with van der Waals surface area (Å²) in [5.41, 5.74) is 1.83. The summed E-state index contributed by atoms with van der Waals surface area (Å²) in [5.74, 6) is 0.496. The summed E-state index contributed by atoms with van der Waals surface area (Å²) < 4.78 is 26.9. The Morgan fingerprint density at radius 2 is 1.86 bits per heavy atom. The number of hydrogen-bond acceptors (Lipinski definition) is 4. The van der Waals surface area contributed by atoms with E-state index in [1.54, 1.807) is 25.1 Å². The Morgan fingerprint density at radius 1 is 1.19 bits per heavy atom. The summed E-state index contributed by atoms with van der Waals surface area (Å²) in [7, 11) is -3.65. The lowest BCUT2D eigenvalue weighted by molar-refractivity contribution is 0.600. The van der Waals surface area contributed by atoms with Crippen molar-refractivity contribution in [3.05, 3.63) is 47.8 Å². The van der Waals surface area contributed by atoms with E-state index < -0.39 is 10.0 Å². The second kappa shape index (κ2) is 6.22. The maximum Gasteiger partial charge on any atom is 0.264 e. The maximum absolute atomic E-state index is 12.3. The minimum absolute atomic E-state index is 0.0843. The minimum atomic E-state index is -3.65. The number of hydrogen-bond donors (Lipinski definition) is 1. The third-order valence-corrected chi connectivity index (χ3v) is 4.74. The molecule has 1 N–H and O–H groups in total. The van der Waals surface area contributed by atoms with Crippen LogP contribution in [0.3, 0.4) is 0 Å². The smallest absolute Gasteiger partial charge is 0.247 e. The highest BCUT2D eigenvalue weighted by molar-refractivity contribution is 7.92. The van der Waals surface area contributed by atoms with Gasteiger partial charge in [0.05, 0.1) is 4.90 Å². The zero-order valence-corrected chi connectivity index (χ0v) is 13.2. The number of nitrogens with one attached hydrogen (secondary N) is 1. The summed E-state index contributed by atoms with van der Waals surface area (Å²) in [4.78, 5) is 8.16. The van der Waals surface area contributed by atoms with Crippen LogP contribution < -0.4 is 4.72 Å². The lowest BCUT2D eigenvalue weighted by atomic mass is 9.99. The van der Waals surface area contributed by atoms with E-state index >= 15 is 0 Å². The van der Waals surface area contributed by atoms with Gasteiger partial charge < -0.3 is 0 Å². The van der Waals surface area contributed by atoms with Crippen LogP contribution in [0.1, 0.15) is 37.4 Å². The summed E-state index contributed by atoms with van der Waals surface area (Å²) in [6, 6.07) is 8.62. The summed E-state index contributed by atoms with van der Waals surface area (Å²) in [6.07, 6.45) is 2.54. The average molecular weight is 305 g/mol. The second-order valence-electron chi connectivity index (χ2n) is 5.01. The Labute approximate surface area is 125 Å². The van der Waals surface area contributed by atoms with Gasteiger partial charge in [-0.2, -0.15) is 0 Å². The van der Waals surface area contributed by atoms with Crippen molar-refractivity contribution in [2.75, 3.05) is 4.72 Å². The molecule has 0 saturated heterocycles. The molecule has 1 atom stereocenters. The number of rotatable bonds is 5. The molecule has 1 aromatic carbocycles. The number of sulfonamides is 1. The first-order valence-corrected chi connectivity index (χ1v) is 8.33. The van der Waals surface area contributed by atoms with Crippen molar-refractivity contribution < 1.29 is 8.42 Å². The van der Waals surface area contributed by atoms with Crippen LogP contribution in [-0.4, -0.2) is 18.4 Å². The highest BCUT2D eigenvalue weighted by atomic mass is 32.2. The molecule has 112 valence electrons. The number of aromatic nitrogens is 2. The van der Waals surface area contributed by atoms with Gasteiger partial charge in [-0.25, -0.2) is 23.1 Å². The largest absolute Gasteiger partial charge is 0.264 e. The molecule has 1 unspecified atom stereocenters. The zero-order valence-electron chi connectivity index (χ0n) is 12.4. The standard InChI is InChI=1S/C15H19N3O2S/c1-4-11(2)13-5-7-14(8-6-13)21(19,20)18-15-16-10-9-12(3)17-15/h5-11H,4H2,1-3H3,(H,16,17,18). The van der Waals surface area contributed by atoms with Crippen LogP contribution in [0.4, 0.5) is 5.95 Å². The molecule has 0 aliphatic heterocycles. The van der Waals surface area contributed by atoms with Gasteiger partial charge >= 0.3 is 0 Å². The molecule has 0 aliphatic rings. The number of benzene rings is 1. The molecule has 2 aromatic rings. The van der Waals surface area contributed by atoms with E-state index in [-0.39, 0.29) is 10.8 Å². The van der Waals surface area contributed by atoms with Crippen molar-refractivity contribution in [3.8, 4) is 0 Å². The third kappa shape index (κ3) is 3.78. The van der Waals surface area contributed by atoms with Gasteiger partial charge in [-0.3, -0.25) is 0 Å². The van der Waals surface area contributed by atoms with E-state index in [2.05, 4.69) is 28.5 Å². The van der Waals surface area contributed by atoms with E-state index in [9.17, 15) is 8.42 Å². The molecule has 1 heterocycles. The monoisotopic (exact) mass is 305 g/mol. The number of nitrogens with zero attached hydrogens (tertiary/aromatic N) is 2. The van der Waals surface area contributed by atoms with Crippen LogP contribution in [0.15, 0.2) is 41.4 Å². The Balaban J connectivity index is 2.23. The van der Waals surface area contributed by atoms with Crippen molar-refractivity contribution in [2.24, 2.45) is 0 Å². The van der Waals surface area contributed by atoms with Gasteiger partial charge in [-0.05, 0) is 43.0 Å². The predicted octanol–water partition coefficient (Wildman–Crippen LogP) is 3.10. The van der Waals surface area contributed by atoms with Gasteiger partial charge in [0.2, 0.25) is 5.95 Å². The molecule has 0 saturated carbocycles. The molecule has 0 fully saturated rings. The maximum atomic E-state index is 12.3. The molecule has 2 rings (SSSR count). The van der Waals surface area contributed by atoms with Gasteiger partial charge in [0.15, 0.2) is 0 Å². The van der Waals surface area contributed by atoms with E-state index in [1.165, 1.54) is 6.20 Å². The Morgan fingerprint density at radius 3 is 2.43 bits per heavy atom. The van der Waals surface area contributed by atoms with E-state index in [1.807, 2.05) is 12.1 Å². The fourth-order valence-corrected chi connectivity index (χ4v) is 2.84. The van der Waals surface area contributed by atoms with Crippen LogP contribution in [0, 0.1) is 6.92 Å². The molecule has 5 nitrogen and oxygen atoms in total. The van der Waals surface area contributed by atoms with Crippen molar-refractivity contribution in [1.82, 2.24) is 9.97 Å². The first-order valence-electron chi connectivity index (χ1n) is 6.85. The average Bonchev–Trinajstić information content (AvgIpc) is 2.46. The lowest BCUT2D eigenvalue weighted by Crippen LogP contribution is -2.15. The third-order valence-electron chi connectivity index (χ3n) is 3.39. The van der Waals surface area contributed by atoms with Crippen LogP contribution in [-0.2, 0) is 10.0 Å². The molecule has 0 spiro atoms. The Hall–Kier alpha value is -1.95. The normalized spacial score (nSPS) is 12.9. The summed E-state index contributed by atoms with van der Waals surface area (Å²) in [5, 5.41) is 0. The van der Waals surface area contributed by atoms with Crippen LogP contribution in [0.2, 0.25) is 0 Å². The Bertz CT molecular complexity index is 712. The van der Waals surface area contributed by atoms with Crippen LogP contribution in [0.25, 0.3) is 0 Å². The molecule has 0 amide bonds. The number of aryl methyl sites for hydroxylation is 1. The molecular formula is C15H19N3O2S. The molecule has 6 heteroatoms. The van der Waals surface area contributed by atoms with Crippen molar-refractivity contribution >= 4 is 16.0 Å². The van der Waals surface area contributed by atoms with E-state index in [0.29, 0.717) is 11.6 Å². The fraction of sp³-hybridized carbons (Fsp3) is 0.333. The van der Waals surface area contributed by atoms with E-state index in [4.69, 9.17) is 0 Å². The summed E-state index contributed by atoms with van der Waals surface area (Å²) in [6.45, 7) is 5.99. The first-order chi connectivity index (χ1) is 9.92. The Kier molecular flexibility index (Phi) is 4.57. The molecule has 1 aromatic heterocycles. The second-order valence-corrected chi connectivity index (χ2v) is 6.69. The molecule has 0 aliphatic carbocycles. The topological polar surface area (TPSA) is 72.0 Å². The van der Waals surface area contributed by atoms with Gasteiger partial charge in [0.1, 0.15) is 0 Å². The van der Waals surface area contributed by atoms with Gasteiger partial charge in [-0.15, -0.1) is 0 Å². The first kappa shape index (κ1) is 15.4. The highest BCUT2D eigenvalue weighted by Gasteiger charge is 2.16. The fourth-order valence-electron chi connectivity index (χ4n) is 1.89. The minimum Gasteiger partial charge on any atom is -0.247 e. The van der Waals surface area contributed by atoms with Gasteiger partial charge in [-0.1, -0.05) is 26.0 Å². The zero-order chi connectivity index (χ0) is 15.5. The quantitative estimate of drug-likeness (QED) is 0.921. The number of anilines is 1. The summed E-state index contributed by atoms with van der Waals surface area (Å²) >= 11 is 0. The van der Waals surface area contributed by atoms with Gasteiger partial charge in [0.25, 0.3) is 10.0 Å². The molecule has 0 radical (unpaired) electrons. The SMILES string of the molecule is CCC(C)c1ccc(S(=O)(=O)Nc2nccc(C)n2)cc1. The van der Waals surface area contributed by atoms with Crippen molar-refractivity contribution in [3.63, 3.8) is 0 Å². The van der Waals surface area contributed by atoms with Gasteiger partial charge in [0, 0.05) is 11.9 Å². The predicted molar refractivity (Wildman–Crippen MR) is 82.7 cm³/mol. The highest BCUT2D eigenvalue weighted by Crippen LogP contribution is 2.21. The van der Waals surface area contributed by atoms with E-state index in [0.717, 1.165) is 12.0 Å². The molecule has 21 heavy (non-hydrogen) atoms. The molecule has 0 bridgehead atoms. The van der Waals surface area contributed by atoms with Crippen molar-refractivity contribution in [1.29, 1.82) is 0 Å². The molecular weight excluding hydrogens is 286 g/mol. The van der Waals surface area contributed by atoms with Crippen LogP contribution >= 0.6 is 0 Å². The van der Waals surface area contributed by atoms with Crippen molar-refractivity contribution in [2.45, 2.75) is 38.0 Å².